The van der Waals surface area contributed by atoms with Crippen molar-refractivity contribution in [2.24, 2.45) is 0 Å². The molecule has 1 unspecified atom stereocenters. The van der Waals surface area contributed by atoms with Gasteiger partial charge >= 0.3 is 5.97 Å². The van der Waals surface area contributed by atoms with Crippen LogP contribution < -0.4 is 5.32 Å². The van der Waals surface area contributed by atoms with Crippen LogP contribution >= 0.6 is 15.9 Å². The molecule has 104 valence electrons. The third-order valence-electron chi connectivity index (χ3n) is 2.93. The highest BCUT2D eigenvalue weighted by atomic mass is 79.9. The molecule has 0 amide bonds. The Morgan fingerprint density at radius 3 is 2.70 bits per heavy atom. The molecule has 20 heavy (non-hydrogen) atoms. The van der Waals surface area contributed by atoms with E-state index in [1.807, 2.05) is 6.07 Å². The van der Waals surface area contributed by atoms with Gasteiger partial charge in [-0.05, 0) is 48.4 Å². The third kappa shape index (κ3) is 3.36. The zero-order chi connectivity index (χ0) is 14.7. The number of halogens is 2. The largest absolute Gasteiger partial charge is 0.479 e. The van der Waals surface area contributed by atoms with Gasteiger partial charge in [-0.25, -0.2) is 9.18 Å². The normalized spacial score (nSPS) is 11.9. The van der Waals surface area contributed by atoms with E-state index in [0.717, 1.165) is 10.0 Å². The number of carboxylic acids is 1. The van der Waals surface area contributed by atoms with E-state index >= 15 is 0 Å². The molecule has 2 aromatic rings. The van der Waals surface area contributed by atoms with Crippen molar-refractivity contribution in [3.8, 4) is 0 Å². The van der Waals surface area contributed by atoms with Gasteiger partial charge in [0.1, 0.15) is 5.82 Å². The summed E-state index contributed by atoms with van der Waals surface area (Å²) in [6.45, 7) is 1.76. The van der Waals surface area contributed by atoms with Crippen molar-refractivity contribution in [1.29, 1.82) is 0 Å². The van der Waals surface area contributed by atoms with E-state index in [1.54, 1.807) is 31.2 Å². The van der Waals surface area contributed by atoms with Gasteiger partial charge in [-0.3, -0.25) is 0 Å². The molecule has 0 aromatic heterocycles. The molecule has 0 aliphatic carbocycles. The Hall–Kier alpha value is -1.88. The topological polar surface area (TPSA) is 49.3 Å². The lowest BCUT2D eigenvalue weighted by atomic mass is 10.0. The zero-order valence-electron chi connectivity index (χ0n) is 10.7. The molecule has 2 aromatic carbocycles. The highest BCUT2D eigenvalue weighted by Crippen LogP contribution is 2.25. The van der Waals surface area contributed by atoms with E-state index in [1.165, 1.54) is 12.1 Å². The molecule has 0 saturated heterocycles. The predicted molar refractivity (Wildman–Crippen MR) is 79.3 cm³/mol. The van der Waals surface area contributed by atoms with E-state index in [9.17, 15) is 14.3 Å². The fourth-order valence-electron chi connectivity index (χ4n) is 1.94. The lowest BCUT2D eigenvalue weighted by Gasteiger charge is -2.18. The summed E-state index contributed by atoms with van der Waals surface area (Å²) < 4.78 is 14.2. The molecule has 0 aliphatic heterocycles. The molecule has 0 heterocycles. The first-order chi connectivity index (χ1) is 9.47. The number of anilines is 1. The van der Waals surface area contributed by atoms with Gasteiger partial charge < -0.3 is 10.4 Å². The Balaban J connectivity index is 2.37. The molecule has 0 bridgehead atoms. The SMILES string of the molecule is Cc1ccc(F)cc1C(Nc1cccc(Br)c1)C(=O)O. The Kier molecular flexibility index (Phi) is 4.39. The number of aliphatic carboxylic acids is 1. The highest BCUT2D eigenvalue weighted by Gasteiger charge is 2.22. The first kappa shape index (κ1) is 14.5. The fourth-order valence-corrected chi connectivity index (χ4v) is 2.34. The minimum atomic E-state index is -1.06. The minimum absolute atomic E-state index is 0.414. The smallest absolute Gasteiger partial charge is 0.330 e. The van der Waals surface area contributed by atoms with E-state index in [4.69, 9.17) is 0 Å². The molecule has 2 rings (SSSR count). The van der Waals surface area contributed by atoms with Crippen LogP contribution in [0.15, 0.2) is 46.9 Å². The number of nitrogens with one attached hydrogen (secondary N) is 1. The summed E-state index contributed by atoms with van der Waals surface area (Å²) in [4.78, 5) is 11.5. The van der Waals surface area contributed by atoms with Crippen molar-refractivity contribution in [1.82, 2.24) is 0 Å². The number of rotatable bonds is 4. The molecule has 0 radical (unpaired) electrons. The first-order valence-corrected chi connectivity index (χ1v) is 6.77. The summed E-state index contributed by atoms with van der Waals surface area (Å²) >= 11 is 3.32. The lowest BCUT2D eigenvalue weighted by Crippen LogP contribution is -2.21. The third-order valence-corrected chi connectivity index (χ3v) is 3.43. The van der Waals surface area contributed by atoms with E-state index < -0.39 is 17.8 Å². The summed E-state index contributed by atoms with van der Waals surface area (Å²) in [5, 5.41) is 12.3. The quantitative estimate of drug-likeness (QED) is 0.881. The highest BCUT2D eigenvalue weighted by molar-refractivity contribution is 9.10. The second kappa shape index (κ2) is 6.05. The Bertz CT molecular complexity index is 646. The van der Waals surface area contributed by atoms with Crippen LogP contribution in [0.4, 0.5) is 10.1 Å². The van der Waals surface area contributed by atoms with E-state index in [2.05, 4.69) is 21.2 Å². The van der Waals surface area contributed by atoms with Crippen LogP contribution in [-0.4, -0.2) is 11.1 Å². The number of carbonyl (C=O) groups is 1. The lowest BCUT2D eigenvalue weighted by molar-refractivity contribution is -0.138. The van der Waals surface area contributed by atoms with Gasteiger partial charge in [-0.2, -0.15) is 0 Å². The van der Waals surface area contributed by atoms with Crippen LogP contribution in [0.5, 0.6) is 0 Å². The van der Waals surface area contributed by atoms with E-state index in [0.29, 0.717) is 11.3 Å². The molecule has 5 heteroatoms. The summed E-state index contributed by atoms with van der Waals surface area (Å²) in [5.74, 6) is -1.51. The van der Waals surface area contributed by atoms with Crippen LogP contribution in [-0.2, 0) is 4.79 Å². The standard InChI is InChI=1S/C15H13BrFNO2/c1-9-5-6-11(17)8-13(9)14(15(19)20)18-12-4-2-3-10(16)7-12/h2-8,14,18H,1H3,(H,19,20). The van der Waals surface area contributed by atoms with Crippen LogP contribution in [0.25, 0.3) is 0 Å². The molecule has 0 spiro atoms. The van der Waals surface area contributed by atoms with E-state index in [-0.39, 0.29) is 0 Å². The second-order valence-electron chi connectivity index (χ2n) is 4.43. The van der Waals surface area contributed by atoms with Gasteiger partial charge in [-0.1, -0.05) is 28.1 Å². The first-order valence-electron chi connectivity index (χ1n) is 5.98. The summed E-state index contributed by atoms with van der Waals surface area (Å²) in [5.41, 5.74) is 1.79. The Morgan fingerprint density at radius 2 is 2.05 bits per heavy atom. The molecular formula is C15H13BrFNO2. The van der Waals surface area contributed by atoms with Crippen molar-refractivity contribution < 1.29 is 14.3 Å². The van der Waals surface area contributed by atoms with Gasteiger partial charge in [-0.15, -0.1) is 0 Å². The molecule has 0 fully saturated rings. The maximum absolute atomic E-state index is 13.3. The van der Waals surface area contributed by atoms with Gasteiger partial charge in [0.25, 0.3) is 0 Å². The molecule has 2 N–H and O–H groups in total. The van der Waals surface area contributed by atoms with Gasteiger partial charge in [0.2, 0.25) is 0 Å². The fraction of sp³-hybridized carbons (Fsp3) is 0.133. The van der Waals surface area contributed by atoms with Crippen molar-refractivity contribution in [2.75, 3.05) is 5.32 Å². The van der Waals surface area contributed by atoms with Crippen molar-refractivity contribution in [3.05, 3.63) is 63.9 Å². The van der Waals surface area contributed by atoms with Crippen molar-refractivity contribution in [2.45, 2.75) is 13.0 Å². The molecule has 0 aliphatic rings. The van der Waals surface area contributed by atoms with Gasteiger partial charge in [0.15, 0.2) is 6.04 Å². The average molecular weight is 338 g/mol. The van der Waals surface area contributed by atoms with Crippen LogP contribution in [0.1, 0.15) is 17.2 Å². The van der Waals surface area contributed by atoms with Gasteiger partial charge in [0, 0.05) is 10.2 Å². The van der Waals surface area contributed by atoms with Crippen LogP contribution in [0.2, 0.25) is 0 Å². The van der Waals surface area contributed by atoms with Crippen molar-refractivity contribution in [3.63, 3.8) is 0 Å². The van der Waals surface area contributed by atoms with Gasteiger partial charge in [0.05, 0.1) is 0 Å². The monoisotopic (exact) mass is 337 g/mol. The number of benzene rings is 2. The molecule has 1 atom stereocenters. The molecule has 0 saturated carbocycles. The van der Waals surface area contributed by atoms with Crippen LogP contribution in [0, 0.1) is 12.7 Å². The molecular weight excluding hydrogens is 325 g/mol. The minimum Gasteiger partial charge on any atom is -0.479 e. The number of aryl methyl sites for hydroxylation is 1. The summed E-state index contributed by atoms with van der Waals surface area (Å²) in [7, 11) is 0. The maximum Gasteiger partial charge on any atom is 0.330 e. The maximum atomic E-state index is 13.3. The number of hydrogen-bond acceptors (Lipinski definition) is 2. The van der Waals surface area contributed by atoms with Crippen LogP contribution in [0.3, 0.4) is 0 Å². The average Bonchev–Trinajstić information content (AvgIpc) is 2.39. The number of carboxylic acid groups (broad SMARTS) is 1. The Morgan fingerprint density at radius 1 is 1.30 bits per heavy atom. The van der Waals surface area contributed by atoms with Crippen molar-refractivity contribution >= 4 is 27.6 Å². The zero-order valence-corrected chi connectivity index (χ0v) is 12.3. The summed E-state index contributed by atoms with van der Waals surface area (Å²) in [6.07, 6.45) is 0. The number of hydrogen-bond donors (Lipinski definition) is 2. The summed E-state index contributed by atoms with van der Waals surface area (Å²) in [6, 6.07) is 10.3. The Labute approximate surface area is 124 Å². The molecule has 3 nitrogen and oxygen atoms in total. The second-order valence-corrected chi connectivity index (χ2v) is 5.34. The predicted octanol–water partition coefficient (Wildman–Crippen LogP) is 4.13.